The number of amides is 1. The molecular formula is C32H33FN4O6S. The maximum atomic E-state index is 14.6. The Morgan fingerprint density at radius 2 is 1.91 bits per heavy atom. The van der Waals surface area contributed by atoms with E-state index in [9.17, 15) is 27.5 Å². The van der Waals surface area contributed by atoms with Crippen LogP contribution >= 0.6 is 0 Å². The number of nitrogens with one attached hydrogen (secondary N) is 1. The maximum absolute atomic E-state index is 14.6. The molecule has 10 nitrogen and oxygen atoms in total. The molecule has 0 unspecified atom stereocenters. The molecule has 0 bridgehead atoms. The molecule has 0 spiro atoms. The van der Waals surface area contributed by atoms with Gasteiger partial charge in [-0.25, -0.2) is 17.8 Å². The summed E-state index contributed by atoms with van der Waals surface area (Å²) in [5.41, 5.74) is 7.18. The molecule has 1 saturated heterocycles. The van der Waals surface area contributed by atoms with Crippen LogP contribution in [0.25, 0.3) is 10.8 Å². The number of carbonyl (C=O) groups is 2. The summed E-state index contributed by atoms with van der Waals surface area (Å²) in [6, 6.07) is 15.2. The zero-order valence-corrected chi connectivity index (χ0v) is 25.1. The highest BCUT2D eigenvalue weighted by molar-refractivity contribution is 7.91. The Bertz CT molecular complexity index is 1830. The molecule has 1 aromatic heterocycles. The lowest BCUT2D eigenvalue weighted by atomic mass is 9.93. The Morgan fingerprint density at radius 3 is 2.64 bits per heavy atom. The number of benzene rings is 3. The van der Waals surface area contributed by atoms with Gasteiger partial charge in [0, 0.05) is 23.8 Å². The Labute approximate surface area is 254 Å². The highest BCUT2D eigenvalue weighted by atomic mass is 32.2. The van der Waals surface area contributed by atoms with Crippen LogP contribution in [-0.2, 0) is 19.4 Å². The Hall–Kier alpha value is -4.71. The molecule has 0 saturated carbocycles. The molecule has 230 valence electrons. The van der Waals surface area contributed by atoms with Crippen LogP contribution in [0.3, 0.4) is 0 Å². The van der Waals surface area contributed by atoms with E-state index < -0.39 is 45.5 Å². The van der Waals surface area contributed by atoms with Crippen molar-refractivity contribution in [2.45, 2.75) is 37.2 Å². The number of fused-ring (bicyclic) bond motifs is 1. The average molecular weight is 621 g/mol. The summed E-state index contributed by atoms with van der Waals surface area (Å²) < 4.78 is 46.2. The number of hydrogen-bond donors (Lipinski definition) is 3. The first-order chi connectivity index (χ1) is 21.1. The standard InChI is InChI=1S/C32H33FN4O6S/c1-3-43-26-18-20(9-12-25(26)33)28(36-21-10-11-22-19(17-21)13-15-35-30(22)34)31(38)37-16-14-24(32(39)40)29(37)23-7-5-6-8-27(23)44(41,42)4-2/h5-13,15,17-18,24,28-29,36H,3-4,14,16H2,1-2H3,(H2,34,35)(H,39,40)/t24-,28-,29-/m0/s1. The lowest BCUT2D eigenvalue weighted by Gasteiger charge is -2.32. The number of nitrogens with two attached hydrogens (primary N) is 1. The van der Waals surface area contributed by atoms with Gasteiger partial charge in [-0.05, 0) is 72.3 Å². The summed E-state index contributed by atoms with van der Waals surface area (Å²) in [4.78, 5) is 32.5. The number of rotatable bonds is 10. The molecule has 1 aliphatic heterocycles. The Morgan fingerprint density at radius 1 is 1.14 bits per heavy atom. The van der Waals surface area contributed by atoms with Crippen molar-refractivity contribution in [2.75, 3.05) is 30.0 Å². The predicted octanol–water partition coefficient (Wildman–Crippen LogP) is 4.98. The SMILES string of the molecule is CCOc1cc([C@H](Nc2ccc3c(N)nccc3c2)C(=O)N2CC[C@H](C(=O)O)[C@@H]2c2ccccc2S(=O)(=O)CC)ccc1F. The first-order valence-corrected chi connectivity index (χ1v) is 15.9. The van der Waals surface area contributed by atoms with E-state index in [1.54, 1.807) is 55.6 Å². The second-order valence-corrected chi connectivity index (χ2v) is 12.7. The molecule has 44 heavy (non-hydrogen) atoms. The number of aromatic nitrogens is 1. The van der Waals surface area contributed by atoms with Crippen LogP contribution in [0.15, 0.2) is 77.8 Å². The molecule has 3 aromatic carbocycles. The van der Waals surface area contributed by atoms with E-state index in [1.165, 1.54) is 36.1 Å². The van der Waals surface area contributed by atoms with Crippen LogP contribution < -0.4 is 15.8 Å². The van der Waals surface area contributed by atoms with Crippen LogP contribution in [0.5, 0.6) is 5.75 Å². The lowest BCUT2D eigenvalue weighted by Crippen LogP contribution is -2.39. The number of carbonyl (C=O) groups excluding carboxylic acids is 1. The summed E-state index contributed by atoms with van der Waals surface area (Å²) in [6.07, 6.45) is 1.69. The minimum atomic E-state index is -3.75. The number of anilines is 2. The number of hydrogen-bond acceptors (Lipinski definition) is 8. The van der Waals surface area contributed by atoms with Crippen molar-refractivity contribution in [1.29, 1.82) is 0 Å². The largest absolute Gasteiger partial charge is 0.491 e. The maximum Gasteiger partial charge on any atom is 0.309 e. The first-order valence-electron chi connectivity index (χ1n) is 14.2. The topological polar surface area (TPSA) is 152 Å². The number of pyridine rings is 1. The quantitative estimate of drug-likeness (QED) is 0.223. The van der Waals surface area contributed by atoms with Gasteiger partial charge in [-0.15, -0.1) is 0 Å². The summed E-state index contributed by atoms with van der Waals surface area (Å²) in [5, 5.41) is 14.9. The number of carboxylic acids is 1. The van der Waals surface area contributed by atoms with E-state index in [4.69, 9.17) is 10.5 Å². The molecule has 3 atom stereocenters. The fourth-order valence-electron chi connectivity index (χ4n) is 5.72. The number of aliphatic carboxylic acids is 1. The van der Waals surface area contributed by atoms with Crippen molar-refractivity contribution in [2.24, 2.45) is 5.92 Å². The molecule has 0 radical (unpaired) electrons. The molecule has 5 rings (SSSR count). The number of nitrogen functional groups attached to an aromatic ring is 1. The average Bonchev–Trinajstić information content (AvgIpc) is 3.47. The van der Waals surface area contributed by atoms with Gasteiger partial charge in [0.2, 0.25) is 5.91 Å². The Balaban J connectivity index is 1.62. The number of nitrogens with zero attached hydrogens (tertiary/aromatic N) is 2. The van der Waals surface area contributed by atoms with Crippen LogP contribution in [0, 0.1) is 11.7 Å². The zero-order chi connectivity index (χ0) is 31.6. The van der Waals surface area contributed by atoms with E-state index in [1.807, 2.05) is 0 Å². The van der Waals surface area contributed by atoms with E-state index in [0.717, 1.165) is 10.8 Å². The second kappa shape index (κ2) is 12.5. The van der Waals surface area contributed by atoms with Gasteiger partial charge in [0.25, 0.3) is 0 Å². The number of carboxylic acid groups (broad SMARTS) is 1. The van der Waals surface area contributed by atoms with Crippen molar-refractivity contribution in [3.63, 3.8) is 0 Å². The van der Waals surface area contributed by atoms with Crippen LogP contribution in [0.2, 0.25) is 0 Å². The van der Waals surface area contributed by atoms with Crippen molar-refractivity contribution < 1.29 is 32.2 Å². The molecule has 1 fully saturated rings. The molecular weight excluding hydrogens is 587 g/mol. The number of halogens is 1. The van der Waals surface area contributed by atoms with Crippen LogP contribution in [0.1, 0.15) is 43.5 Å². The monoisotopic (exact) mass is 620 g/mol. The van der Waals surface area contributed by atoms with Gasteiger partial charge in [0.15, 0.2) is 21.4 Å². The summed E-state index contributed by atoms with van der Waals surface area (Å²) in [6.45, 7) is 3.49. The second-order valence-electron chi connectivity index (χ2n) is 10.5. The van der Waals surface area contributed by atoms with E-state index in [2.05, 4.69) is 10.3 Å². The summed E-state index contributed by atoms with van der Waals surface area (Å²) in [7, 11) is -3.75. The van der Waals surface area contributed by atoms with Crippen molar-refractivity contribution in [1.82, 2.24) is 9.88 Å². The number of likely N-dealkylation sites (tertiary alicyclic amines) is 1. The molecule has 4 aromatic rings. The molecule has 12 heteroatoms. The van der Waals surface area contributed by atoms with Gasteiger partial charge in [0.05, 0.1) is 29.2 Å². The summed E-state index contributed by atoms with van der Waals surface area (Å²) >= 11 is 0. The van der Waals surface area contributed by atoms with Gasteiger partial charge in [-0.2, -0.15) is 0 Å². The normalized spacial score (nSPS) is 17.4. The minimum Gasteiger partial charge on any atom is -0.491 e. The van der Waals surface area contributed by atoms with Crippen LogP contribution in [-0.4, -0.2) is 54.2 Å². The molecule has 0 aliphatic carbocycles. The highest BCUT2D eigenvalue weighted by Crippen LogP contribution is 2.42. The van der Waals surface area contributed by atoms with Gasteiger partial charge in [0.1, 0.15) is 11.9 Å². The molecule has 1 aliphatic rings. The number of ether oxygens (including phenoxy) is 1. The third-order valence-electron chi connectivity index (χ3n) is 7.89. The predicted molar refractivity (Wildman–Crippen MR) is 164 cm³/mol. The van der Waals surface area contributed by atoms with Crippen molar-refractivity contribution in [3.05, 3.63) is 89.9 Å². The lowest BCUT2D eigenvalue weighted by molar-refractivity contribution is -0.143. The third kappa shape index (κ3) is 5.89. The van der Waals surface area contributed by atoms with Crippen LogP contribution in [0.4, 0.5) is 15.9 Å². The molecule has 2 heterocycles. The molecule has 1 amide bonds. The van der Waals surface area contributed by atoms with Gasteiger partial charge < -0.3 is 25.8 Å². The van der Waals surface area contributed by atoms with Gasteiger partial charge >= 0.3 is 5.97 Å². The Kier molecular flexibility index (Phi) is 8.73. The minimum absolute atomic E-state index is 0.0101. The fraction of sp³-hybridized carbons (Fsp3) is 0.281. The van der Waals surface area contributed by atoms with E-state index in [-0.39, 0.29) is 41.5 Å². The third-order valence-corrected chi connectivity index (χ3v) is 9.69. The smallest absolute Gasteiger partial charge is 0.309 e. The van der Waals surface area contributed by atoms with Crippen molar-refractivity contribution in [3.8, 4) is 5.75 Å². The van der Waals surface area contributed by atoms with E-state index in [0.29, 0.717) is 17.1 Å². The number of sulfone groups is 1. The van der Waals surface area contributed by atoms with Gasteiger partial charge in [-0.3, -0.25) is 9.59 Å². The van der Waals surface area contributed by atoms with Gasteiger partial charge in [-0.1, -0.05) is 31.2 Å². The fourth-order valence-corrected chi connectivity index (χ4v) is 6.87. The first kappa shape index (κ1) is 30.7. The molecule has 4 N–H and O–H groups in total. The highest BCUT2D eigenvalue weighted by Gasteiger charge is 2.45. The van der Waals surface area contributed by atoms with Crippen molar-refractivity contribution >= 4 is 44.0 Å². The van der Waals surface area contributed by atoms with E-state index >= 15 is 0 Å². The summed E-state index contributed by atoms with van der Waals surface area (Å²) in [5.74, 6) is -3.17. The zero-order valence-electron chi connectivity index (χ0n) is 24.2.